The fraction of sp³-hybridized carbons (Fsp3) is 0.556. The van der Waals surface area contributed by atoms with E-state index in [1.165, 1.54) is 19.3 Å². The summed E-state index contributed by atoms with van der Waals surface area (Å²) in [6.45, 7) is 0. The van der Waals surface area contributed by atoms with Gasteiger partial charge in [-0.2, -0.15) is 11.8 Å². The van der Waals surface area contributed by atoms with E-state index in [1.54, 1.807) is 11.8 Å². The van der Waals surface area contributed by atoms with E-state index in [9.17, 15) is 4.79 Å². The van der Waals surface area contributed by atoms with E-state index in [4.69, 9.17) is 0 Å². The van der Waals surface area contributed by atoms with E-state index in [2.05, 4.69) is 21.5 Å². The Morgan fingerprint density at radius 3 is 2.87 bits per heavy atom. The van der Waals surface area contributed by atoms with Crippen molar-refractivity contribution in [2.75, 3.05) is 12.0 Å². The molecule has 0 radical (unpaired) electrons. The number of nitrogens with one attached hydrogen (secondary N) is 2. The van der Waals surface area contributed by atoms with Crippen LogP contribution in [-0.2, 0) is 4.79 Å². The first-order valence-corrected chi connectivity index (χ1v) is 9.91. The number of hydrogen-bond donors (Lipinski definition) is 2. The zero-order valence-electron chi connectivity index (χ0n) is 13.7. The van der Waals surface area contributed by atoms with Crippen LogP contribution >= 0.6 is 11.8 Å². The van der Waals surface area contributed by atoms with Crippen LogP contribution in [-0.4, -0.2) is 27.9 Å². The van der Waals surface area contributed by atoms with Crippen molar-refractivity contribution in [3.8, 4) is 0 Å². The van der Waals surface area contributed by atoms with Crippen LogP contribution in [0.1, 0.15) is 50.4 Å². The number of benzene rings is 1. The second-order valence-electron chi connectivity index (χ2n) is 6.32. The molecule has 1 heterocycles. The molecule has 0 unspecified atom stereocenters. The number of para-hydroxylation sites is 2. The highest BCUT2D eigenvalue weighted by Gasteiger charge is 2.25. The summed E-state index contributed by atoms with van der Waals surface area (Å²) in [5, 5.41) is 3.25. The zero-order chi connectivity index (χ0) is 16.1. The minimum Gasteiger partial charge on any atom is -0.346 e. The van der Waals surface area contributed by atoms with E-state index < -0.39 is 0 Å². The van der Waals surface area contributed by atoms with E-state index in [-0.39, 0.29) is 17.9 Å². The number of aromatic nitrogens is 2. The number of amides is 1. The van der Waals surface area contributed by atoms with Crippen LogP contribution in [0.4, 0.5) is 0 Å². The molecule has 124 valence electrons. The average molecular weight is 331 g/mol. The number of rotatable bonds is 6. The van der Waals surface area contributed by atoms with Gasteiger partial charge in [-0.1, -0.05) is 31.4 Å². The van der Waals surface area contributed by atoms with Crippen molar-refractivity contribution in [2.45, 2.75) is 44.6 Å². The summed E-state index contributed by atoms with van der Waals surface area (Å²) in [7, 11) is 0. The standard InChI is InChI=1S/C18H25N3OS/c1-23-12-11-16(21-18(22)13-7-3-2-4-8-13)17-19-14-9-5-6-10-15(14)20-17/h5-6,9-10,13,16H,2-4,7-8,11-12H2,1H3,(H,19,20)(H,21,22)/t16-/m0/s1. The molecule has 0 aliphatic heterocycles. The van der Waals surface area contributed by atoms with Crippen LogP contribution in [0.15, 0.2) is 24.3 Å². The first-order valence-electron chi connectivity index (χ1n) is 8.52. The molecule has 0 spiro atoms. The molecule has 1 aromatic carbocycles. The Bertz CT molecular complexity index is 616. The van der Waals surface area contributed by atoms with Gasteiger partial charge in [0, 0.05) is 5.92 Å². The highest BCUT2D eigenvalue weighted by molar-refractivity contribution is 7.98. The lowest BCUT2D eigenvalue weighted by atomic mass is 9.88. The zero-order valence-corrected chi connectivity index (χ0v) is 14.5. The number of aromatic amines is 1. The summed E-state index contributed by atoms with van der Waals surface area (Å²) in [6.07, 6.45) is 8.68. The second-order valence-corrected chi connectivity index (χ2v) is 7.30. The predicted molar refractivity (Wildman–Crippen MR) is 96.6 cm³/mol. The molecule has 1 aliphatic carbocycles. The van der Waals surface area contributed by atoms with E-state index in [0.29, 0.717) is 0 Å². The molecule has 1 atom stereocenters. The van der Waals surface area contributed by atoms with Gasteiger partial charge in [0.15, 0.2) is 0 Å². The largest absolute Gasteiger partial charge is 0.346 e. The maximum absolute atomic E-state index is 12.6. The molecule has 1 fully saturated rings. The Morgan fingerprint density at radius 1 is 1.35 bits per heavy atom. The van der Waals surface area contributed by atoms with Gasteiger partial charge in [-0.05, 0) is 43.4 Å². The summed E-state index contributed by atoms with van der Waals surface area (Å²) in [4.78, 5) is 20.7. The monoisotopic (exact) mass is 331 g/mol. The second kappa shape index (κ2) is 7.86. The minimum absolute atomic E-state index is 0.0238. The number of carbonyl (C=O) groups is 1. The Morgan fingerprint density at radius 2 is 2.13 bits per heavy atom. The molecule has 1 amide bonds. The smallest absolute Gasteiger partial charge is 0.223 e. The van der Waals surface area contributed by atoms with Crippen molar-refractivity contribution >= 4 is 28.7 Å². The van der Waals surface area contributed by atoms with Crippen molar-refractivity contribution < 1.29 is 4.79 Å². The van der Waals surface area contributed by atoms with Crippen molar-refractivity contribution in [2.24, 2.45) is 5.92 Å². The predicted octanol–water partition coefficient (Wildman–Crippen LogP) is 4.05. The van der Waals surface area contributed by atoms with Crippen LogP contribution in [0.25, 0.3) is 11.0 Å². The van der Waals surface area contributed by atoms with Crippen LogP contribution in [0.2, 0.25) is 0 Å². The number of fused-ring (bicyclic) bond motifs is 1. The number of imidazole rings is 1. The molecular weight excluding hydrogens is 306 g/mol. The van der Waals surface area contributed by atoms with Gasteiger partial charge < -0.3 is 10.3 Å². The molecule has 0 saturated heterocycles. The molecule has 5 heteroatoms. The third kappa shape index (κ3) is 4.08. The molecule has 0 bridgehead atoms. The third-order valence-electron chi connectivity index (χ3n) is 4.64. The van der Waals surface area contributed by atoms with Gasteiger partial charge in [-0.15, -0.1) is 0 Å². The molecule has 23 heavy (non-hydrogen) atoms. The van der Waals surface area contributed by atoms with Gasteiger partial charge in [0.2, 0.25) is 5.91 Å². The van der Waals surface area contributed by atoms with Gasteiger partial charge in [0.1, 0.15) is 5.82 Å². The van der Waals surface area contributed by atoms with Crippen LogP contribution in [0.5, 0.6) is 0 Å². The first-order chi connectivity index (χ1) is 11.3. The normalized spacial score (nSPS) is 17.3. The van der Waals surface area contributed by atoms with Crippen LogP contribution in [0.3, 0.4) is 0 Å². The highest BCUT2D eigenvalue weighted by Crippen LogP contribution is 2.26. The molecular formula is C18H25N3OS. The van der Waals surface area contributed by atoms with Gasteiger partial charge in [-0.25, -0.2) is 4.98 Å². The van der Waals surface area contributed by atoms with Gasteiger partial charge in [0.05, 0.1) is 17.1 Å². The first kappa shape index (κ1) is 16.4. The number of thioether (sulfide) groups is 1. The number of H-pyrrole nitrogens is 1. The van der Waals surface area contributed by atoms with Crippen LogP contribution in [0, 0.1) is 5.92 Å². The van der Waals surface area contributed by atoms with E-state index in [1.807, 2.05) is 24.3 Å². The molecule has 1 saturated carbocycles. The van der Waals surface area contributed by atoms with Gasteiger partial charge >= 0.3 is 0 Å². The fourth-order valence-corrected chi connectivity index (χ4v) is 3.78. The van der Waals surface area contributed by atoms with Crippen molar-refractivity contribution in [1.82, 2.24) is 15.3 Å². The Hall–Kier alpha value is -1.49. The Labute approximate surface area is 141 Å². The van der Waals surface area contributed by atoms with Gasteiger partial charge in [0.25, 0.3) is 0 Å². The van der Waals surface area contributed by atoms with E-state index in [0.717, 1.165) is 41.9 Å². The fourth-order valence-electron chi connectivity index (χ4n) is 3.30. The summed E-state index contributed by atoms with van der Waals surface area (Å²) in [5.41, 5.74) is 1.99. The molecule has 1 aliphatic rings. The summed E-state index contributed by atoms with van der Waals surface area (Å²) < 4.78 is 0. The molecule has 2 aromatic rings. The van der Waals surface area contributed by atoms with Crippen LogP contribution < -0.4 is 5.32 Å². The number of hydrogen-bond acceptors (Lipinski definition) is 3. The summed E-state index contributed by atoms with van der Waals surface area (Å²) in [6, 6.07) is 8.00. The SMILES string of the molecule is CSCC[C@H](NC(=O)C1CCCCC1)c1nc2ccccc2[nH]1. The Kier molecular flexibility index (Phi) is 5.60. The average Bonchev–Trinajstić information content (AvgIpc) is 3.03. The molecule has 4 nitrogen and oxygen atoms in total. The quantitative estimate of drug-likeness (QED) is 0.839. The molecule has 2 N–H and O–H groups in total. The topological polar surface area (TPSA) is 57.8 Å². The van der Waals surface area contributed by atoms with Crippen molar-refractivity contribution in [3.63, 3.8) is 0 Å². The lowest BCUT2D eigenvalue weighted by Crippen LogP contribution is -2.35. The minimum atomic E-state index is -0.0238. The number of nitrogens with zero attached hydrogens (tertiary/aromatic N) is 1. The highest BCUT2D eigenvalue weighted by atomic mass is 32.2. The lowest BCUT2D eigenvalue weighted by molar-refractivity contribution is -0.126. The summed E-state index contributed by atoms with van der Waals surface area (Å²) >= 11 is 1.80. The lowest BCUT2D eigenvalue weighted by Gasteiger charge is -2.24. The molecule has 1 aromatic heterocycles. The number of carbonyl (C=O) groups excluding carboxylic acids is 1. The van der Waals surface area contributed by atoms with E-state index >= 15 is 0 Å². The molecule has 3 rings (SSSR count). The summed E-state index contributed by atoms with van der Waals surface area (Å²) in [5.74, 6) is 2.28. The third-order valence-corrected chi connectivity index (χ3v) is 5.28. The maximum Gasteiger partial charge on any atom is 0.223 e. The van der Waals surface area contributed by atoms with Crippen molar-refractivity contribution in [3.05, 3.63) is 30.1 Å². The Balaban J connectivity index is 1.75. The van der Waals surface area contributed by atoms with Crippen molar-refractivity contribution in [1.29, 1.82) is 0 Å². The maximum atomic E-state index is 12.6. The van der Waals surface area contributed by atoms with Gasteiger partial charge in [-0.3, -0.25) is 4.79 Å².